The Morgan fingerprint density at radius 2 is 1.68 bits per heavy atom. The van der Waals surface area contributed by atoms with Crippen molar-refractivity contribution in [3.8, 4) is 0 Å². The Morgan fingerprint density at radius 1 is 1.09 bits per heavy atom. The number of hydrogen-bond acceptors (Lipinski definition) is 3. The third-order valence-electron chi connectivity index (χ3n) is 3.52. The maximum Gasteiger partial charge on any atom is 0.261 e. The predicted octanol–water partition coefficient (Wildman–Crippen LogP) is 2.26. The van der Waals surface area contributed by atoms with Crippen molar-refractivity contribution in [3.63, 3.8) is 0 Å². The second kappa shape index (κ2) is 5.31. The monoisotopic (exact) mass is 314 g/mol. The molecule has 0 aromatic heterocycles. The van der Waals surface area contributed by atoms with Crippen LogP contribution in [-0.2, 0) is 6.54 Å². The molecule has 2 amide bonds. The lowest BCUT2D eigenvalue weighted by molar-refractivity contribution is 0.0642. The Bertz CT molecular complexity index is 785. The number of nitrogens with two attached hydrogens (primary N) is 1. The minimum absolute atomic E-state index is 0.0439. The van der Waals surface area contributed by atoms with Crippen LogP contribution in [0.25, 0.3) is 0 Å². The highest BCUT2D eigenvalue weighted by molar-refractivity contribution is 7.80. The minimum atomic E-state index is -0.529. The van der Waals surface area contributed by atoms with Gasteiger partial charge in [0.25, 0.3) is 11.8 Å². The maximum absolute atomic E-state index is 13.6. The normalized spacial score (nSPS) is 13.4. The van der Waals surface area contributed by atoms with Crippen molar-refractivity contribution in [1.29, 1.82) is 0 Å². The van der Waals surface area contributed by atoms with Gasteiger partial charge in [-0.2, -0.15) is 0 Å². The van der Waals surface area contributed by atoms with E-state index in [9.17, 15) is 14.0 Å². The molecule has 1 aliphatic rings. The molecular weight excluding hydrogens is 303 g/mol. The molecule has 110 valence electrons. The highest BCUT2D eigenvalue weighted by Gasteiger charge is 2.34. The summed E-state index contributed by atoms with van der Waals surface area (Å²) in [6.45, 7) is 0.0439. The molecule has 4 nitrogen and oxygen atoms in total. The van der Waals surface area contributed by atoms with Gasteiger partial charge < -0.3 is 5.73 Å². The van der Waals surface area contributed by atoms with Crippen LogP contribution in [-0.4, -0.2) is 21.7 Å². The Kier molecular flexibility index (Phi) is 3.46. The molecule has 2 N–H and O–H groups in total. The molecule has 2 aromatic carbocycles. The second-order valence-electron chi connectivity index (χ2n) is 4.92. The smallest absolute Gasteiger partial charge is 0.261 e. The Hall–Kier alpha value is -2.60. The van der Waals surface area contributed by atoms with Gasteiger partial charge in [-0.25, -0.2) is 4.39 Å². The van der Waals surface area contributed by atoms with E-state index >= 15 is 0 Å². The summed E-state index contributed by atoms with van der Waals surface area (Å²) in [5.74, 6) is -1.25. The Labute approximate surface area is 131 Å². The highest BCUT2D eigenvalue weighted by Crippen LogP contribution is 2.24. The van der Waals surface area contributed by atoms with Crippen LogP contribution in [0.2, 0.25) is 0 Å². The minimum Gasteiger partial charge on any atom is -0.389 e. The standard InChI is InChI=1S/C16H11FN2O2S/c17-13-6-5-9(7-12(13)14(18)22)8-19-15(20)10-3-1-2-4-11(10)16(19)21/h1-7H,8H2,(H2,18,22). The first kappa shape index (κ1) is 14.3. The van der Waals surface area contributed by atoms with Gasteiger partial charge in [0.15, 0.2) is 0 Å². The summed E-state index contributed by atoms with van der Waals surface area (Å²) < 4.78 is 13.6. The van der Waals surface area contributed by atoms with E-state index in [1.165, 1.54) is 18.2 Å². The molecule has 0 spiro atoms. The molecule has 1 aliphatic heterocycles. The molecule has 0 fully saturated rings. The fourth-order valence-electron chi connectivity index (χ4n) is 2.42. The molecule has 0 saturated heterocycles. The number of hydrogen-bond donors (Lipinski definition) is 1. The number of carbonyl (C=O) groups excluding carboxylic acids is 2. The lowest BCUT2D eigenvalue weighted by Gasteiger charge is -2.14. The van der Waals surface area contributed by atoms with Gasteiger partial charge in [0.05, 0.1) is 17.7 Å². The van der Waals surface area contributed by atoms with Crippen LogP contribution in [0.3, 0.4) is 0 Å². The van der Waals surface area contributed by atoms with E-state index in [-0.39, 0.29) is 28.9 Å². The molecule has 0 bridgehead atoms. The summed E-state index contributed by atoms with van der Waals surface area (Å²) in [5.41, 5.74) is 6.90. The Balaban J connectivity index is 1.92. The van der Waals surface area contributed by atoms with Crippen molar-refractivity contribution >= 4 is 29.0 Å². The van der Waals surface area contributed by atoms with E-state index in [0.29, 0.717) is 16.7 Å². The SMILES string of the molecule is NC(=S)c1cc(CN2C(=O)c3ccccc3C2=O)ccc1F. The van der Waals surface area contributed by atoms with E-state index in [1.807, 2.05) is 0 Å². The molecule has 6 heteroatoms. The molecule has 0 radical (unpaired) electrons. The van der Waals surface area contributed by atoms with Gasteiger partial charge in [0.1, 0.15) is 10.8 Å². The van der Waals surface area contributed by atoms with Crippen LogP contribution in [0.15, 0.2) is 42.5 Å². The first-order valence-electron chi connectivity index (χ1n) is 6.52. The number of imide groups is 1. The lowest BCUT2D eigenvalue weighted by atomic mass is 10.1. The zero-order chi connectivity index (χ0) is 15.9. The number of benzene rings is 2. The number of carbonyl (C=O) groups is 2. The van der Waals surface area contributed by atoms with Crippen LogP contribution in [0.1, 0.15) is 31.8 Å². The van der Waals surface area contributed by atoms with Crippen LogP contribution < -0.4 is 5.73 Å². The second-order valence-corrected chi connectivity index (χ2v) is 5.36. The number of halogens is 1. The maximum atomic E-state index is 13.6. The van der Waals surface area contributed by atoms with Crippen molar-refractivity contribution in [1.82, 2.24) is 4.90 Å². The van der Waals surface area contributed by atoms with Crippen LogP contribution in [0.5, 0.6) is 0 Å². The molecular formula is C16H11FN2O2S. The molecule has 0 aliphatic carbocycles. The van der Waals surface area contributed by atoms with Gasteiger partial charge in [-0.05, 0) is 29.8 Å². The zero-order valence-corrected chi connectivity index (χ0v) is 12.2. The number of amides is 2. The molecule has 0 unspecified atom stereocenters. The fraction of sp³-hybridized carbons (Fsp3) is 0.0625. The molecule has 0 saturated carbocycles. The Morgan fingerprint density at radius 3 is 2.23 bits per heavy atom. The van der Waals surface area contributed by atoms with Gasteiger partial charge in [-0.1, -0.05) is 30.4 Å². The van der Waals surface area contributed by atoms with Crippen molar-refractivity contribution < 1.29 is 14.0 Å². The highest BCUT2D eigenvalue weighted by atomic mass is 32.1. The van der Waals surface area contributed by atoms with Gasteiger partial charge in [-0.3, -0.25) is 14.5 Å². The summed E-state index contributed by atoms with van der Waals surface area (Å²) in [6.07, 6.45) is 0. The van der Waals surface area contributed by atoms with E-state index in [0.717, 1.165) is 4.90 Å². The number of thiocarbonyl (C=S) groups is 1. The van der Waals surface area contributed by atoms with E-state index in [4.69, 9.17) is 18.0 Å². The number of fused-ring (bicyclic) bond motifs is 1. The largest absolute Gasteiger partial charge is 0.389 e. The summed E-state index contributed by atoms with van der Waals surface area (Å²) in [6, 6.07) is 10.8. The summed E-state index contributed by atoms with van der Waals surface area (Å²) in [7, 11) is 0. The first-order valence-corrected chi connectivity index (χ1v) is 6.93. The number of nitrogens with zero attached hydrogens (tertiary/aromatic N) is 1. The summed E-state index contributed by atoms with van der Waals surface area (Å²) in [5, 5.41) is 0. The lowest BCUT2D eigenvalue weighted by Crippen LogP contribution is -2.29. The average Bonchev–Trinajstić information content (AvgIpc) is 2.74. The molecule has 2 aromatic rings. The molecule has 0 atom stereocenters. The van der Waals surface area contributed by atoms with Crippen molar-refractivity contribution in [2.24, 2.45) is 5.73 Å². The van der Waals surface area contributed by atoms with Crippen molar-refractivity contribution in [3.05, 3.63) is 70.5 Å². The molecule has 3 rings (SSSR count). The van der Waals surface area contributed by atoms with Crippen molar-refractivity contribution in [2.75, 3.05) is 0 Å². The summed E-state index contributed by atoms with van der Waals surface area (Å²) >= 11 is 4.79. The van der Waals surface area contributed by atoms with Crippen molar-refractivity contribution in [2.45, 2.75) is 6.54 Å². The zero-order valence-electron chi connectivity index (χ0n) is 11.4. The van der Waals surface area contributed by atoms with E-state index < -0.39 is 5.82 Å². The van der Waals surface area contributed by atoms with Gasteiger partial charge >= 0.3 is 0 Å². The quantitative estimate of drug-likeness (QED) is 0.697. The van der Waals surface area contributed by atoms with Gasteiger partial charge in [-0.15, -0.1) is 0 Å². The van der Waals surface area contributed by atoms with Gasteiger partial charge in [0, 0.05) is 5.56 Å². The first-order chi connectivity index (χ1) is 10.5. The topological polar surface area (TPSA) is 63.4 Å². The van der Waals surface area contributed by atoms with E-state index in [2.05, 4.69) is 0 Å². The van der Waals surface area contributed by atoms with E-state index in [1.54, 1.807) is 24.3 Å². The van der Waals surface area contributed by atoms with Crippen LogP contribution >= 0.6 is 12.2 Å². The van der Waals surface area contributed by atoms with Crippen LogP contribution in [0.4, 0.5) is 4.39 Å². The average molecular weight is 314 g/mol. The third kappa shape index (κ3) is 2.27. The van der Waals surface area contributed by atoms with Gasteiger partial charge in [0.2, 0.25) is 0 Å². The van der Waals surface area contributed by atoms with Crippen LogP contribution in [0, 0.1) is 5.82 Å². The fourth-order valence-corrected chi connectivity index (χ4v) is 2.58. The predicted molar refractivity (Wildman–Crippen MR) is 82.9 cm³/mol. The molecule has 1 heterocycles. The summed E-state index contributed by atoms with van der Waals surface area (Å²) in [4.78, 5) is 25.6. The number of rotatable bonds is 3. The third-order valence-corrected chi connectivity index (χ3v) is 3.74. The molecule has 22 heavy (non-hydrogen) atoms.